The molecule has 1 aromatic carbocycles. The second-order valence-corrected chi connectivity index (χ2v) is 6.38. The molecule has 2 aliphatic heterocycles. The van der Waals surface area contributed by atoms with Crippen molar-refractivity contribution in [2.24, 2.45) is 0 Å². The quantitative estimate of drug-likeness (QED) is 0.676. The third-order valence-electron chi connectivity index (χ3n) is 4.53. The summed E-state index contributed by atoms with van der Waals surface area (Å²) < 4.78 is 35.2. The van der Waals surface area contributed by atoms with Gasteiger partial charge in [-0.15, -0.1) is 0 Å². The van der Waals surface area contributed by atoms with Gasteiger partial charge in [0.2, 0.25) is 0 Å². The zero-order valence-corrected chi connectivity index (χ0v) is 16.2. The number of carbonyl (C=O) groups excluding carboxylic acids is 2. The summed E-state index contributed by atoms with van der Waals surface area (Å²) in [6.45, 7) is 0.958. The van der Waals surface area contributed by atoms with Gasteiger partial charge in [-0.05, 0) is 37.1 Å². The van der Waals surface area contributed by atoms with Crippen LogP contribution in [0.5, 0.6) is 5.75 Å². The molecule has 0 radical (unpaired) electrons. The highest BCUT2D eigenvalue weighted by Gasteiger charge is 2.28. The maximum Gasteiger partial charge on any atom is 0.355 e. The highest BCUT2D eigenvalue weighted by Crippen LogP contribution is 2.30. The smallest absolute Gasteiger partial charge is 0.355 e. The highest BCUT2D eigenvalue weighted by molar-refractivity contribution is 6.05. The molecule has 7 nitrogen and oxygen atoms in total. The summed E-state index contributed by atoms with van der Waals surface area (Å²) in [5, 5.41) is 0. The van der Waals surface area contributed by atoms with Crippen molar-refractivity contribution in [2.75, 3.05) is 32.3 Å². The van der Waals surface area contributed by atoms with Gasteiger partial charge >= 0.3 is 11.9 Å². The largest absolute Gasteiger partial charge is 0.488 e. The SMILES string of the molecule is COC(=O)C1=C(C(=O)OC)N(c2ccc(OCC3CCCO3)c(F)c2)C=CC=C1. The summed E-state index contributed by atoms with van der Waals surface area (Å²) in [5.74, 6) is -2.00. The van der Waals surface area contributed by atoms with Gasteiger partial charge in [0, 0.05) is 24.6 Å². The van der Waals surface area contributed by atoms with Crippen molar-refractivity contribution in [1.29, 1.82) is 0 Å². The van der Waals surface area contributed by atoms with Crippen LogP contribution < -0.4 is 9.64 Å². The van der Waals surface area contributed by atoms with Gasteiger partial charge in [-0.2, -0.15) is 0 Å². The molecule has 0 bridgehead atoms. The van der Waals surface area contributed by atoms with Gasteiger partial charge in [0.25, 0.3) is 0 Å². The van der Waals surface area contributed by atoms with E-state index in [-0.39, 0.29) is 29.7 Å². The van der Waals surface area contributed by atoms with Crippen LogP contribution in [0.2, 0.25) is 0 Å². The summed E-state index contributed by atoms with van der Waals surface area (Å²) in [6.07, 6.45) is 7.96. The molecule has 29 heavy (non-hydrogen) atoms. The number of carbonyl (C=O) groups is 2. The van der Waals surface area contributed by atoms with Crippen molar-refractivity contribution < 1.29 is 32.9 Å². The van der Waals surface area contributed by atoms with E-state index in [1.807, 2.05) is 0 Å². The summed E-state index contributed by atoms with van der Waals surface area (Å²) in [4.78, 5) is 25.9. The maximum absolute atomic E-state index is 14.7. The Morgan fingerprint density at radius 2 is 2.00 bits per heavy atom. The molecule has 1 atom stereocenters. The van der Waals surface area contributed by atoms with Gasteiger partial charge in [-0.3, -0.25) is 0 Å². The number of halogens is 1. The van der Waals surface area contributed by atoms with Gasteiger partial charge in [-0.1, -0.05) is 6.08 Å². The molecule has 0 N–H and O–H groups in total. The summed E-state index contributed by atoms with van der Waals surface area (Å²) >= 11 is 0. The Kier molecular flexibility index (Phi) is 6.66. The van der Waals surface area contributed by atoms with E-state index >= 15 is 0 Å². The van der Waals surface area contributed by atoms with Crippen LogP contribution in [-0.4, -0.2) is 45.5 Å². The Morgan fingerprint density at radius 3 is 2.66 bits per heavy atom. The zero-order chi connectivity index (χ0) is 20.8. The Labute approximate surface area is 168 Å². The first-order valence-electron chi connectivity index (χ1n) is 9.14. The number of hydrogen-bond acceptors (Lipinski definition) is 7. The van der Waals surface area contributed by atoms with Crippen molar-refractivity contribution in [3.63, 3.8) is 0 Å². The molecular formula is C21H22FNO6. The van der Waals surface area contributed by atoms with E-state index in [9.17, 15) is 14.0 Å². The second kappa shape index (κ2) is 9.38. The molecule has 2 aliphatic rings. The van der Waals surface area contributed by atoms with E-state index < -0.39 is 17.8 Å². The second-order valence-electron chi connectivity index (χ2n) is 6.38. The lowest BCUT2D eigenvalue weighted by molar-refractivity contribution is -0.139. The molecule has 0 spiro atoms. The summed E-state index contributed by atoms with van der Waals surface area (Å²) in [5.41, 5.74) is 0.217. The predicted molar refractivity (Wildman–Crippen MR) is 103 cm³/mol. The van der Waals surface area contributed by atoms with Crippen LogP contribution in [0.4, 0.5) is 10.1 Å². The van der Waals surface area contributed by atoms with Gasteiger partial charge < -0.3 is 23.8 Å². The number of esters is 2. The van der Waals surface area contributed by atoms with Crippen molar-refractivity contribution in [2.45, 2.75) is 18.9 Å². The molecule has 154 valence electrons. The van der Waals surface area contributed by atoms with Crippen LogP contribution in [0, 0.1) is 5.82 Å². The van der Waals surface area contributed by atoms with Gasteiger partial charge in [0.15, 0.2) is 11.6 Å². The number of nitrogens with zero attached hydrogens (tertiary/aromatic N) is 1. The van der Waals surface area contributed by atoms with Crippen molar-refractivity contribution in [3.8, 4) is 5.75 Å². The van der Waals surface area contributed by atoms with E-state index in [0.717, 1.165) is 12.8 Å². The lowest BCUT2D eigenvalue weighted by Gasteiger charge is -2.23. The molecular weight excluding hydrogens is 381 g/mol. The lowest BCUT2D eigenvalue weighted by Crippen LogP contribution is -2.27. The first kappa shape index (κ1) is 20.6. The predicted octanol–water partition coefficient (Wildman–Crippen LogP) is 2.87. The fraction of sp³-hybridized carbons (Fsp3) is 0.333. The maximum atomic E-state index is 14.7. The van der Waals surface area contributed by atoms with E-state index in [1.165, 1.54) is 43.5 Å². The first-order chi connectivity index (χ1) is 14.0. The topological polar surface area (TPSA) is 74.3 Å². The number of anilines is 1. The molecule has 1 unspecified atom stereocenters. The third kappa shape index (κ3) is 4.65. The average Bonchev–Trinajstić information content (AvgIpc) is 3.16. The minimum Gasteiger partial charge on any atom is -0.488 e. The van der Waals surface area contributed by atoms with Crippen molar-refractivity contribution in [3.05, 3.63) is 59.7 Å². The molecule has 0 amide bonds. The van der Waals surface area contributed by atoms with E-state index in [4.69, 9.17) is 18.9 Å². The third-order valence-corrected chi connectivity index (χ3v) is 4.53. The normalized spacial score (nSPS) is 18.6. The molecule has 0 aromatic heterocycles. The number of allylic oxidation sites excluding steroid dienone is 2. The average molecular weight is 403 g/mol. The fourth-order valence-corrected chi connectivity index (χ4v) is 3.08. The van der Waals surface area contributed by atoms with Gasteiger partial charge in [-0.25, -0.2) is 14.0 Å². The van der Waals surface area contributed by atoms with Crippen molar-refractivity contribution in [1.82, 2.24) is 0 Å². The molecule has 2 heterocycles. The molecule has 1 fully saturated rings. The molecule has 0 saturated carbocycles. The number of rotatable bonds is 6. The Morgan fingerprint density at radius 1 is 1.21 bits per heavy atom. The monoisotopic (exact) mass is 403 g/mol. The number of hydrogen-bond donors (Lipinski definition) is 0. The summed E-state index contributed by atoms with van der Waals surface area (Å²) in [7, 11) is 2.41. The fourth-order valence-electron chi connectivity index (χ4n) is 3.08. The standard InChI is InChI=1S/C21H22FNO6/c1-26-20(24)16-7-3-4-10-23(19(16)21(25)27-2)14-8-9-18(17(22)12-14)29-13-15-6-5-11-28-15/h3-4,7-10,12,15H,5-6,11,13H2,1-2H3. The Hall–Kier alpha value is -3.13. The van der Waals surface area contributed by atoms with Crippen LogP contribution in [0.3, 0.4) is 0 Å². The van der Waals surface area contributed by atoms with E-state index in [1.54, 1.807) is 18.2 Å². The van der Waals surface area contributed by atoms with Crippen LogP contribution >= 0.6 is 0 Å². The molecule has 3 rings (SSSR count). The summed E-state index contributed by atoms with van der Waals surface area (Å²) in [6, 6.07) is 4.28. The number of methoxy groups -OCH3 is 2. The molecule has 8 heteroatoms. The molecule has 0 aliphatic carbocycles. The molecule has 1 saturated heterocycles. The minimum atomic E-state index is -0.763. The van der Waals surface area contributed by atoms with Gasteiger partial charge in [0.1, 0.15) is 12.3 Å². The zero-order valence-electron chi connectivity index (χ0n) is 16.2. The van der Waals surface area contributed by atoms with E-state index in [2.05, 4.69) is 0 Å². The molecule has 1 aromatic rings. The minimum absolute atomic E-state index is 0.0107. The Bertz CT molecular complexity index is 870. The Balaban J connectivity index is 1.91. The number of ether oxygens (including phenoxy) is 4. The lowest BCUT2D eigenvalue weighted by atomic mass is 10.1. The van der Waals surface area contributed by atoms with Crippen LogP contribution in [0.15, 0.2) is 53.9 Å². The van der Waals surface area contributed by atoms with E-state index in [0.29, 0.717) is 12.3 Å². The van der Waals surface area contributed by atoms with Crippen LogP contribution in [-0.2, 0) is 23.8 Å². The van der Waals surface area contributed by atoms with Crippen LogP contribution in [0.1, 0.15) is 12.8 Å². The van der Waals surface area contributed by atoms with Crippen LogP contribution in [0.25, 0.3) is 0 Å². The highest BCUT2D eigenvalue weighted by atomic mass is 19.1. The first-order valence-corrected chi connectivity index (χ1v) is 9.14. The van der Waals surface area contributed by atoms with Gasteiger partial charge in [0.05, 0.1) is 25.9 Å². The number of benzene rings is 1. The van der Waals surface area contributed by atoms with Crippen molar-refractivity contribution >= 4 is 17.6 Å².